The van der Waals surface area contributed by atoms with Gasteiger partial charge in [0, 0.05) is 5.56 Å². The fourth-order valence-electron chi connectivity index (χ4n) is 2.43. The van der Waals surface area contributed by atoms with Crippen LogP contribution < -0.4 is 11.1 Å². The fraction of sp³-hybridized carbons (Fsp3) is 0.529. The van der Waals surface area contributed by atoms with Gasteiger partial charge in [-0.05, 0) is 57.1 Å². The summed E-state index contributed by atoms with van der Waals surface area (Å²) in [5.41, 5.74) is 3.68. The molecule has 1 fully saturated rings. The van der Waals surface area contributed by atoms with Crippen molar-refractivity contribution in [3.05, 3.63) is 35.4 Å². The van der Waals surface area contributed by atoms with E-state index in [4.69, 9.17) is 5.73 Å². The van der Waals surface area contributed by atoms with Crippen molar-refractivity contribution in [3.63, 3.8) is 0 Å². The summed E-state index contributed by atoms with van der Waals surface area (Å²) >= 11 is 0. The minimum absolute atomic E-state index is 0.180. The largest absolute Gasteiger partial charge is 0.416 e. The van der Waals surface area contributed by atoms with Crippen molar-refractivity contribution in [1.29, 1.82) is 0 Å². The van der Waals surface area contributed by atoms with Gasteiger partial charge in [-0.25, -0.2) is 0 Å². The molecule has 1 saturated heterocycles. The van der Waals surface area contributed by atoms with E-state index in [9.17, 15) is 22.8 Å². The number of carbonyl (C=O) groups is 2. The van der Waals surface area contributed by atoms with Gasteiger partial charge in [-0.1, -0.05) is 13.0 Å². The van der Waals surface area contributed by atoms with Crippen LogP contribution in [0.5, 0.6) is 0 Å². The standard InChI is InChI=1S/C10H9F3N2O2.C7H15N/c11-10(12,13)7-3-1-2-6(4-7)9(17)15-5-8(14)16;1-2-5-8-6-3-4-7-8/h1-4H,5H2,(H2,14,16)(H,15,17);2-7H2,1H3. The van der Waals surface area contributed by atoms with E-state index in [0.717, 1.165) is 12.1 Å². The molecule has 0 radical (unpaired) electrons. The van der Waals surface area contributed by atoms with Crippen LogP contribution in [0.15, 0.2) is 24.3 Å². The summed E-state index contributed by atoms with van der Waals surface area (Å²) in [6.07, 6.45) is -0.333. The first-order chi connectivity index (χ1) is 11.7. The summed E-state index contributed by atoms with van der Waals surface area (Å²) in [4.78, 5) is 24.3. The molecule has 1 aromatic carbocycles. The van der Waals surface area contributed by atoms with Gasteiger partial charge in [-0.2, -0.15) is 13.2 Å². The van der Waals surface area contributed by atoms with Crippen molar-refractivity contribution in [2.24, 2.45) is 5.73 Å². The monoisotopic (exact) mass is 359 g/mol. The van der Waals surface area contributed by atoms with Gasteiger partial charge in [0.05, 0.1) is 12.1 Å². The van der Waals surface area contributed by atoms with Crippen molar-refractivity contribution in [1.82, 2.24) is 10.2 Å². The smallest absolute Gasteiger partial charge is 0.368 e. The molecule has 0 atom stereocenters. The van der Waals surface area contributed by atoms with Gasteiger partial charge in [0.1, 0.15) is 0 Å². The van der Waals surface area contributed by atoms with Crippen molar-refractivity contribution in [3.8, 4) is 0 Å². The molecule has 140 valence electrons. The third-order valence-corrected chi connectivity index (χ3v) is 3.61. The molecular formula is C17H24F3N3O2. The zero-order valence-corrected chi connectivity index (χ0v) is 14.2. The lowest BCUT2D eigenvalue weighted by Gasteiger charge is -2.11. The van der Waals surface area contributed by atoms with Gasteiger partial charge in [-0.3, -0.25) is 9.59 Å². The molecule has 8 heteroatoms. The van der Waals surface area contributed by atoms with Crippen molar-refractivity contribution >= 4 is 11.8 Å². The molecule has 25 heavy (non-hydrogen) atoms. The molecule has 1 aromatic rings. The summed E-state index contributed by atoms with van der Waals surface area (Å²) in [5, 5.41) is 2.10. The lowest BCUT2D eigenvalue weighted by Crippen LogP contribution is -2.33. The molecular weight excluding hydrogens is 335 g/mol. The van der Waals surface area contributed by atoms with Crippen LogP contribution in [0.3, 0.4) is 0 Å². The Hall–Kier alpha value is -2.09. The lowest BCUT2D eigenvalue weighted by molar-refractivity contribution is -0.137. The molecule has 0 unspecified atom stereocenters. The van der Waals surface area contributed by atoms with Gasteiger partial charge in [0.2, 0.25) is 5.91 Å². The molecule has 3 N–H and O–H groups in total. The number of alkyl halides is 3. The predicted octanol–water partition coefficient (Wildman–Crippen LogP) is 2.41. The average molecular weight is 359 g/mol. The maximum atomic E-state index is 12.3. The van der Waals surface area contributed by atoms with E-state index in [2.05, 4.69) is 17.1 Å². The number of halogens is 3. The van der Waals surface area contributed by atoms with Crippen molar-refractivity contribution in [2.45, 2.75) is 32.4 Å². The van der Waals surface area contributed by atoms with E-state index in [-0.39, 0.29) is 5.56 Å². The second-order valence-electron chi connectivity index (χ2n) is 5.78. The van der Waals surface area contributed by atoms with Gasteiger partial charge in [-0.15, -0.1) is 0 Å². The number of carbonyl (C=O) groups excluding carboxylic acids is 2. The Bertz CT molecular complexity index is 571. The molecule has 0 bridgehead atoms. The highest BCUT2D eigenvalue weighted by atomic mass is 19.4. The molecule has 1 heterocycles. The third-order valence-electron chi connectivity index (χ3n) is 3.61. The maximum absolute atomic E-state index is 12.3. The predicted molar refractivity (Wildman–Crippen MR) is 88.9 cm³/mol. The Kier molecular flexibility index (Phi) is 8.40. The molecule has 2 rings (SSSR count). The molecule has 0 aliphatic carbocycles. The minimum Gasteiger partial charge on any atom is -0.368 e. The van der Waals surface area contributed by atoms with E-state index in [1.54, 1.807) is 0 Å². The van der Waals surface area contributed by atoms with Crippen molar-refractivity contribution < 1.29 is 22.8 Å². The number of nitrogens with two attached hydrogens (primary N) is 1. The molecule has 0 aromatic heterocycles. The van der Waals surface area contributed by atoms with E-state index < -0.39 is 30.1 Å². The van der Waals surface area contributed by atoms with Crippen LogP contribution in [0.4, 0.5) is 13.2 Å². The molecule has 2 amide bonds. The van der Waals surface area contributed by atoms with Crippen LogP contribution in [-0.2, 0) is 11.0 Å². The van der Waals surface area contributed by atoms with E-state index >= 15 is 0 Å². The zero-order chi connectivity index (χ0) is 18.9. The van der Waals surface area contributed by atoms with Crippen LogP contribution >= 0.6 is 0 Å². The molecule has 0 spiro atoms. The van der Waals surface area contributed by atoms with Crippen LogP contribution in [0.1, 0.15) is 42.1 Å². The van der Waals surface area contributed by atoms with Crippen LogP contribution in [0.25, 0.3) is 0 Å². The Labute approximate surface area is 145 Å². The average Bonchev–Trinajstić information content (AvgIpc) is 3.06. The third kappa shape index (κ3) is 8.02. The second kappa shape index (κ2) is 10.0. The van der Waals surface area contributed by atoms with E-state index in [1.165, 1.54) is 45.0 Å². The van der Waals surface area contributed by atoms with Gasteiger partial charge >= 0.3 is 6.18 Å². The topological polar surface area (TPSA) is 75.4 Å². The molecule has 5 nitrogen and oxygen atoms in total. The number of hydrogen-bond acceptors (Lipinski definition) is 3. The van der Waals surface area contributed by atoms with Gasteiger partial charge in [0.25, 0.3) is 5.91 Å². The quantitative estimate of drug-likeness (QED) is 0.848. The number of nitrogens with zero attached hydrogens (tertiary/aromatic N) is 1. The number of likely N-dealkylation sites (tertiary alicyclic amines) is 1. The Morgan fingerprint density at radius 2 is 1.88 bits per heavy atom. The SMILES string of the molecule is CCCN1CCCC1.NC(=O)CNC(=O)c1cccc(C(F)(F)F)c1. The number of rotatable bonds is 5. The summed E-state index contributed by atoms with van der Waals surface area (Å²) < 4.78 is 37.0. The number of hydrogen-bond donors (Lipinski definition) is 2. The van der Waals surface area contributed by atoms with Gasteiger partial charge < -0.3 is 16.0 Å². The summed E-state index contributed by atoms with van der Waals surface area (Å²) in [6.45, 7) is 5.86. The normalized spacial score (nSPS) is 14.6. The van der Waals surface area contributed by atoms with E-state index in [0.29, 0.717) is 6.07 Å². The van der Waals surface area contributed by atoms with Crippen LogP contribution in [0.2, 0.25) is 0 Å². The first-order valence-corrected chi connectivity index (χ1v) is 8.20. The highest BCUT2D eigenvalue weighted by Crippen LogP contribution is 2.29. The zero-order valence-electron chi connectivity index (χ0n) is 14.2. The fourth-order valence-corrected chi connectivity index (χ4v) is 2.43. The molecule has 1 aliphatic heterocycles. The number of benzene rings is 1. The highest BCUT2D eigenvalue weighted by Gasteiger charge is 2.30. The lowest BCUT2D eigenvalue weighted by atomic mass is 10.1. The first-order valence-electron chi connectivity index (χ1n) is 8.20. The van der Waals surface area contributed by atoms with Gasteiger partial charge in [0.15, 0.2) is 0 Å². The highest BCUT2D eigenvalue weighted by molar-refractivity contribution is 5.96. The first kappa shape index (κ1) is 21.0. The number of nitrogens with one attached hydrogen (secondary N) is 1. The second-order valence-corrected chi connectivity index (χ2v) is 5.78. The summed E-state index contributed by atoms with van der Waals surface area (Å²) in [7, 11) is 0. The Balaban J connectivity index is 0.000000324. The molecule has 1 aliphatic rings. The van der Waals surface area contributed by atoms with Crippen molar-refractivity contribution in [2.75, 3.05) is 26.2 Å². The summed E-state index contributed by atoms with van der Waals surface area (Å²) in [5.74, 6) is -1.56. The maximum Gasteiger partial charge on any atom is 0.416 e. The van der Waals surface area contributed by atoms with E-state index in [1.807, 2.05) is 0 Å². The number of primary amides is 1. The molecule has 0 saturated carbocycles. The van der Waals surface area contributed by atoms with Crippen LogP contribution in [0, 0.1) is 0 Å². The Morgan fingerprint density at radius 1 is 1.24 bits per heavy atom. The number of amides is 2. The Morgan fingerprint density at radius 3 is 2.40 bits per heavy atom. The van der Waals surface area contributed by atoms with Crippen LogP contribution in [-0.4, -0.2) is 42.9 Å². The minimum atomic E-state index is -4.51. The summed E-state index contributed by atoms with van der Waals surface area (Å²) in [6, 6.07) is 3.88.